The summed E-state index contributed by atoms with van der Waals surface area (Å²) in [5, 5.41) is 8.99. The van der Waals surface area contributed by atoms with Crippen LogP contribution in [0.5, 0.6) is 0 Å². The van der Waals surface area contributed by atoms with Crippen molar-refractivity contribution in [1.82, 2.24) is 0 Å². The molecule has 0 unspecified atom stereocenters. The second-order valence-corrected chi connectivity index (χ2v) is 10.3. The number of piperidine rings is 1. The number of hydrogen-bond donors (Lipinski definition) is 1. The molecule has 1 heterocycles. The van der Waals surface area contributed by atoms with Gasteiger partial charge in [-0.05, 0) is 89.1 Å². The summed E-state index contributed by atoms with van der Waals surface area (Å²) in [6.45, 7) is 4.61. The van der Waals surface area contributed by atoms with E-state index < -0.39 is 5.97 Å². The summed E-state index contributed by atoms with van der Waals surface area (Å²) in [4.78, 5) is 13.5. The number of aliphatic carboxylic acids is 1. The Kier molecular flexibility index (Phi) is 7.36. The van der Waals surface area contributed by atoms with Crippen molar-refractivity contribution >= 4 is 28.9 Å². The fourth-order valence-corrected chi connectivity index (χ4v) is 5.41. The molecule has 1 saturated heterocycles. The number of anilines is 1. The first-order chi connectivity index (χ1) is 17.6. The van der Waals surface area contributed by atoms with Crippen molar-refractivity contribution in [1.29, 1.82) is 0 Å². The van der Waals surface area contributed by atoms with E-state index in [1.54, 1.807) is 6.08 Å². The molecule has 1 aliphatic heterocycles. The number of carbonyl (C=O) groups is 1. The lowest BCUT2D eigenvalue weighted by atomic mass is 9.73. The van der Waals surface area contributed by atoms with Crippen LogP contribution in [0, 0.1) is 11.8 Å². The van der Waals surface area contributed by atoms with Crippen molar-refractivity contribution in [3.8, 4) is 0 Å². The molecule has 5 rings (SSSR count). The number of allylic oxidation sites excluding steroid dienone is 1. The number of hydrogen-bond acceptors (Lipinski definition) is 2. The molecule has 0 amide bonds. The van der Waals surface area contributed by atoms with E-state index in [9.17, 15) is 4.79 Å². The Balaban J connectivity index is 1.58. The lowest BCUT2D eigenvalue weighted by molar-refractivity contribution is -0.131. The minimum Gasteiger partial charge on any atom is -0.478 e. The molecule has 184 valence electrons. The van der Waals surface area contributed by atoms with Crippen molar-refractivity contribution in [2.75, 3.05) is 18.0 Å². The minimum absolute atomic E-state index is 0.553. The molecule has 1 aliphatic carbocycles. The van der Waals surface area contributed by atoms with Gasteiger partial charge in [0.1, 0.15) is 0 Å². The maximum Gasteiger partial charge on any atom is 0.328 e. The molecule has 0 aromatic heterocycles. The maximum absolute atomic E-state index is 11.0. The highest BCUT2D eigenvalue weighted by Gasteiger charge is 2.27. The molecule has 1 saturated carbocycles. The number of carboxylic acid groups (broad SMARTS) is 1. The number of benzene rings is 3. The van der Waals surface area contributed by atoms with Crippen molar-refractivity contribution < 1.29 is 9.90 Å². The van der Waals surface area contributed by atoms with E-state index in [1.165, 1.54) is 71.7 Å². The van der Waals surface area contributed by atoms with Crippen LogP contribution in [-0.2, 0) is 4.79 Å². The zero-order valence-corrected chi connectivity index (χ0v) is 21.1. The Morgan fingerprint density at radius 2 is 1.42 bits per heavy atom. The van der Waals surface area contributed by atoms with Crippen molar-refractivity contribution in [3.63, 3.8) is 0 Å². The summed E-state index contributed by atoms with van der Waals surface area (Å²) in [6, 6.07) is 28.3. The quantitative estimate of drug-likeness (QED) is 0.279. The molecular formula is C33H35NO2. The molecule has 0 radical (unpaired) electrons. The highest BCUT2D eigenvalue weighted by atomic mass is 16.4. The van der Waals surface area contributed by atoms with Gasteiger partial charge in [0.2, 0.25) is 0 Å². The first-order valence-corrected chi connectivity index (χ1v) is 13.2. The molecule has 2 aliphatic rings. The van der Waals surface area contributed by atoms with Gasteiger partial charge in [-0.15, -0.1) is 0 Å². The first kappa shape index (κ1) is 24.1. The SMILES string of the molecule is CC1CCN(c2ccc(C(=C(c3ccccc3)C3CCC3)c3ccc(C=CC(=O)O)cc3)cc2)CC1. The molecule has 36 heavy (non-hydrogen) atoms. The van der Waals surface area contributed by atoms with Gasteiger partial charge in [-0.25, -0.2) is 4.79 Å². The fraction of sp³-hybridized carbons (Fsp3) is 0.303. The van der Waals surface area contributed by atoms with Gasteiger partial charge < -0.3 is 10.0 Å². The van der Waals surface area contributed by atoms with Crippen LogP contribution in [0.4, 0.5) is 5.69 Å². The van der Waals surface area contributed by atoms with Crippen LogP contribution in [0.1, 0.15) is 61.3 Å². The van der Waals surface area contributed by atoms with Gasteiger partial charge in [0.15, 0.2) is 0 Å². The van der Waals surface area contributed by atoms with Gasteiger partial charge in [-0.1, -0.05) is 80.1 Å². The molecule has 0 bridgehead atoms. The third-order valence-corrected chi connectivity index (χ3v) is 7.79. The molecule has 1 N–H and O–H groups in total. The predicted octanol–water partition coefficient (Wildman–Crippen LogP) is 7.78. The number of nitrogens with zero attached hydrogens (tertiary/aromatic N) is 1. The fourth-order valence-electron chi connectivity index (χ4n) is 5.41. The standard InChI is InChI=1S/C33H35NO2/c1-24-20-22-34(23-21-24)30-17-15-29(16-18-30)33(28-13-10-25(11-14-28)12-19-31(35)36)32(27-8-5-9-27)26-6-3-2-4-7-26/h2-4,6-7,10-19,24,27H,5,8-9,20-23H2,1H3,(H,35,36). The van der Waals surface area contributed by atoms with E-state index in [2.05, 4.69) is 78.6 Å². The van der Waals surface area contributed by atoms with E-state index >= 15 is 0 Å². The minimum atomic E-state index is -0.931. The van der Waals surface area contributed by atoms with Gasteiger partial charge in [0.25, 0.3) is 0 Å². The Labute approximate surface area is 214 Å². The summed E-state index contributed by atoms with van der Waals surface area (Å²) in [6.07, 6.45) is 9.07. The summed E-state index contributed by atoms with van der Waals surface area (Å²) in [7, 11) is 0. The van der Waals surface area contributed by atoms with E-state index in [0.717, 1.165) is 24.6 Å². The summed E-state index contributed by atoms with van der Waals surface area (Å²) < 4.78 is 0. The van der Waals surface area contributed by atoms with Gasteiger partial charge in [0.05, 0.1) is 0 Å². The van der Waals surface area contributed by atoms with Crippen LogP contribution in [-0.4, -0.2) is 24.2 Å². The normalized spacial score (nSPS) is 17.6. The summed E-state index contributed by atoms with van der Waals surface area (Å²) >= 11 is 0. The first-order valence-electron chi connectivity index (χ1n) is 13.2. The van der Waals surface area contributed by atoms with Crippen molar-refractivity contribution in [3.05, 3.63) is 107 Å². The second-order valence-electron chi connectivity index (χ2n) is 10.3. The molecule has 3 aromatic rings. The van der Waals surface area contributed by atoms with Crippen LogP contribution in [0.15, 0.2) is 84.9 Å². The van der Waals surface area contributed by atoms with Crippen LogP contribution >= 0.6 is 0 Å². The van der Waals surface area contributed by atoms with E-state index in [-0.39, 0.29) is 0 Å². The molecule has 0 spiro atoms. The third kappa shape index (κ3) is 5.46. The Morgan fingerprint density at radius 1 is 0.806 bits per heavy atom. The van der Waals surface area contributed by atoms with Crippen molar-refractivity contribution in [2.24, 2.45) is 11.8 Å². The predicted molar refractivity (Wildman–Crippen MR) is 150 cm³/mol. The zero-order chi connectivity index (χ0) is 24.9. The number of carboxylic acids is 1. The Bertz CT molecular complexity index is 1230. The lowest BCUT2D eigenvalue weighted by Crippen LogP contribution is -2.32. The average molecular weight is 478 g/mol. The molecule has 2 fully saturated rings. The summed E-state index contributed by atoms with van der Waals surface area (Å²) in [5.41, 5.74) is 8.62. The van der Waals surface area contributed by atoms with E-state index in [4.69, 9.17) is 5.11 Å². The number of rotatable bonds is 7. The zero-order valence-electron chi connectivity index (χ0n) is 21.1. The van der Waals surface area contributed by atoms with Crippen LogP contribution in [0.3, 0.4) is 0 Å². The lowest BCUT2D eigenvalue weighted by Gasteiger charge is -2.33. The highest BCUT2D eigenvalue weighted by Crippen LogP contribution is 2.45. The molecular weight excluding hydrogens is 442 g/mol. The molecule has 3 aromatic carbocycles. The highest BCUT2D eigenvalue weighted by molar-refractivity contribution is 6.00. The van der Waals surface area contributed by atoms with E-state index in [0.29, 0.717) is 5.92 Å². The monoisotopic (exact) mass is 477 g/mol. The topological polar surface area (TPSA) is 40.5 Å². The van der Waals surface area contributed by atoms with Gasteiger partial charge in [0, 0.05) is 24.9 Å². The van der Waals surface area contributed by atoms with Crippen LogP contribution in [0.25, 0.3) is 17.2 Å². The third-order valence-electron chi connectivity index (χ3n) is 7.79. The van der Waals surface area contributed by atoms with E-state index in [1.807, 2.05) is 12.1 Å². The molecule has 3 nitrogen and oxygen atoms in total. The van der Waals surface area contributed by atoms with Gasteiger partial charge in [-0.2, -0.15) is 0 Å². The second kappa shape index (κ2) is 11.0. The summed E-state index contributed by atoms with van der Waals surface area (Å²) in [5.74, 6) is 0.441. The average Bonchev–Trinajstić information content (AvgIpc) is 2.88. The maximum atomic E-state index is 11.0. The Hall–Kier alpha value is -3.59. The van der Waals surface area contributed by atoms with Crippen LogP contribution < -0.4 is 4.90 Å². The molecule has 0 atom stereocenters. The Morgan fingerprint density at radius 3 is 1.97 bits per heavy atom. The largest absolute Gasteiger partial charge is 0.478 e. The van der Waals surface area contributed by atoms with Crippen molar-refractivity contribution in [2.45, 2.75) is 39.0 Å². The van der Waals surface area contributed by atoms with Gasteiger partial charge >= 0.3 is 5.97 Å². The molecule has 3 heteroatoms. The van der Waals surface area contributed by atoms with Gasteiger partial charge in [-0.3, -0.25) is 0 Å². The van der Waals surface area contributed by atoms with Crippen LogP contribution in [0.2, 0.25) is 0 Å². The smallest absolute Gasteiger partial charge is 0.328 e.